The molecule has 3 aromatic rings. The number of aryl methyl sites for hydroxylation is 1. The predicted molar refractivity (Wildman–Crippen MR) is 117 cm³/mol. The maximum absolute atomic E-state index is 13.1. The van der Waals surface area contributed by atoms with Crippen molar-refractivity contribution in [3.05, 3.63) is 57.3 Å². The van der Waals surface area contributed by atoms with Gasteiger partial charge in [0.15, 0.2) is 11.5 Å². The number of rotatable bonds is 4. The molecule has 30 heavy (non-hydrogen) atoms. The highest BCUT2D eigenvalue weighted by Gasteiger charge is 2.26. The van der Waals surface area contributed by atoms with E-state index >= 15 is 0 Å². The third-order valence-electron chi connectivity index (χ3n) is 6.04. The Kier molecular flexibility index (Phi) is 5.41. The lowest BCUT2D eigenvalue weighted by Crippen LogP contribution is -2.26. The Morgan fingerprint density at radius 2 is 1.93 bits per heavy atom. The first kappa shape index (κ1) is 19.5. The molecule has 2 aliphatic rings. The van der Waals surface area contributed by atoms with Crippen molar-refractivity contribution in [1.29, 1.82) is 0 Å². The Morgan fingerprint density at radius 3 is 2.83 bits per heavy atom. The summed E-state index contributed by atoms with van der Waals surface area (Å²) in [5.74, 6) is 1.74. The number of carbonyl (C=O) groups is 1. The SMILES string of the molecule is O=C(NCc1nnc2n1CCCCC2)c1nn(-c2cccc(Br)c2)c2c1CCCC2. The van der Waals surface area contributed by atoms with E-state index in [0.29, 0.717) is 12.2 Å². The predicted octanol–water partition coefficient (Wildman–Crippen LogP) is 3.76. The Hall–Kier alpha value is -2.48. The molecule has 5 rings (SSSR count). The molecule has 156 valence electrons. The summed E-state index contributed by atoms with van der Waals surface area (Å²) in [6.45, 7) is 1.31. The third kappa shape index (κ3) is 3.69. The van der Waals surface area contributed by atoms with E-state index in [2.05, 4.69) is 36.0 Å². The van der Waals surface area contributed by atoms with Crippen molar-refractivity contribution < 1.29 is 4.79 Å². The van der Waals surface area contributed by atoms with Crippen LogP contribution in [0, 0.1) is 0 Å². The number of nitrogens with one attached hydrogen (secondary N) is 1. The summed E-state index contributed by atoms with van der Waals surface area (Å²) in [6, 6.07) is 8.05. The van der Waals surface area contributed by atoms with Gasteiger partial charge < -0.3 is 9.88 Å². The van der Waals surface area contributed by atoms with Crippen LogP contribution in [-0.2, 0) is 32.4 Å². The molecule has 0 radical (unpaired) electrons. The lowest BCUT2D eigenvalue weighted by atomic mass is 9.95. The first-order valence-corrected chi connectivity index (χ1v) is 11.6. The highest BCUT2D eigenvalue weighted by Crippen LogP contribution is 2.28. The van der Waals surface area contributed by atoms with Crippen LogP contribution in [-0.4, -0.2) is 30.5 Å². The summed E-state index contributed by atoms with van der Waals surface area (Å²) in [4.78, 5) is 13.1. The maximum atomic E-state index is 13.1. The number of halogens is 1. The largest absolute Gasteiger partial charge is 0.343 e. The minimum Gasteiger partial charge on any atom is -0.343 e. The minimum absolute atomic E-state index is 0.132. The van der Waals surface area contributed by atoms with E-state index in [9.17, 15) is 4.79 Å². The van der Waals surface area contributed by atoms with Crippen molar-refractivity contribution in [2.45, 2.75) is 64.5 Å². The Labute approximate surface area is 184 Å². The zero-order valence-corrected chi connectivity index (χ0v) is 18.5. The molecule has 1 aliphatic heterocycles. The van der Waals surface area contributed by atoms with Crippen LogP contribution in [0.15, 0.2) is 28.7 Å². The number of aromatic nitrogens is 5. The van der Waals surface area contributed by atoms with Crippen LogP contribution in [0.25, 0.3) is 5.69 Å². The zero-order valence-electron chi connectivity index (χ0n) is 16.9. The molecule has 0 saturated carbocycles. The molecule has 0 fully saturated rings. The van der Waals surface area contributed by atoms with Crippen molar-refractivity contribution in [3.63, 3.8) is 0 Å². The topological polar surface area (TPSA) is 77.6 Å². The quantitative estimate of drug-likeness (QED) is 0.631. The lowest BCUT2D eigenvalue weighted by molar-refractivity contribution is 0.0943. The second-order valence-corrected chi connectivity index (χ2v) is 8.97. The first-order chi connectivity index (χ1) is 14.7. The van der Waals surface area contributed by atoms with Gasteiger partial charge in [-0.05, 0) is 56.7 Å². The normalized spacial score (nSPS) is 15.9. The van der Waals surface area contributed by atoms with Crippen molar-refractivity contribution >= 4 is 21.8 Å². The van der Waals surface area contributed by atoms with Crippen LogP contribution in [0.2, 0.25) is 0 Å². The van der Waals surface area contributed by atoms with Gasteiger partial charge >= 0.3 is 0 Å². The number of benzene rings is 1. The van der Waals surface area contributed by atoms with Crippen LogP contribution in [0.3, 0.4) is 0 Å². The molecule has 1 aliphatic carbocycles. The minimum atomic E-state index is -0.132. The van der Waals surface area contributed by atoms with Gasteiger partial charge in [-0.1, -0.05) is 28.4 Å². The molecule has 7 nitrogen and oxygen atoms in total. The fraction of sp³-hybridized carbons (Fsp3) is 0.455. The average Bonchev–Trinajstić information content (AvgIpc) is 3.25. The molecule has 8 heteroatoms. The molecule has 2 aromatic heterocycles. The van der Waals surface area contributed by atoms with E-state index in [1.807, 2.05) is 28.9 Å². The fourth-order valence-electron chi connectivity index (χ4n) is 4.52. The van der Waals surface area contributed by atoms with E-state index in [0.717, 1.165) is 84.6 Å². The van der Waals surface area contributed by atoms with Gasteiger partial charge in [0, 0.05) is 28.7 Å². The average molecular weight is 469 g/mol. The van der Waals surface area contributed by atoms with Crippen molar-refractivity contribution in [3.8, 4) is 5.69 Å². The molecule has 0 atom stereocenters. The Bertz CT molecular complexity index is 1090. The number of nitrogens with zero attached hydrogens (tertiary/aromatic N) is 5. The summed E-state index contributed by atoms with van der Waals surface area (Å²) >= 11 is 3.54. The third-order valence-corrected chi connectivity index (χ3v) is 6.53. The molecular weight excluding hydrogens is 444 g/mol. The van der Waals surface area contributed by atoms with Gasteiger partial charge in [0.05, 0.1) is 12.2 Å². The summed E-state index contributed by atoms with van der Waals surface area (Å²) in [6.07, 6.45) is 8.53. The van der Waals surface area contributed by atoms with Crippen molar-refractivity contribution in [2.75, 3.05) is 0 Å². The summed E-state index contributed by atoms with van der Waals surface area (Å²) in [5, 5.41) is 16.4. The van der Waals surface area contributed by atoms with Gasteiger partial charge in [-0.2, -0.15) is 5.10 Å². The molecule has 1 N–H and O–H groups in total. The van der Waals surface area contributed by atoms with Crippen LogP contribution >= 0.6 is 15.9 Å². The number of hydrogen-bond donors (Lipinski definition) is 1. The first-order valence-electron chi connectivity index (χ1n) is 10.8. The lowest BCUT2D eigenvalue weighted by Gasteiger charge is -2.14. The van der Waals surface area contributed by atoms with E-state index < -0.39 is 0 Å². The number of fused-ring (bicyclic) bond motifs is 2. The number of carbonyl (C=O) groups excluding carboxylic acids is 1. The number of hydrogen-bond acceptors (Lipinski definition) is 4. The summed E-state index contributed by atoms with van der Waals surface area (Å²) in [7, 11) is 0. The highest BCUT2D eigenvalue weighted by molar-refractivity contribution is 9.10. The summed E-state index contributed by atoms with van der Waals surface area (Å²) < 4.78 is 5.11. The zero-order chi connectivity index (χ0) is 20.5. The van der Waals surface area contributed by atoms with Crippen LogP contribution in [0.4, 0.5) is 0 Å². The van der Waals surface area contributed by atoms with Crippen LogP contribution in [0.5, 0.6) is 0 Å². The fourth-order valence-corrected chi connectivity index (χ4v) is 4.91. The van der Waals surface area contributed by atoms with Crippen molar-refractivity contribution in [2.24, 2.45) is 0 Å². The molecule has 0 saturated heterocycles. The summed E-state index contributed by atoms with van der Waals surface area (Å²) in [5.41, 5.74) is 3.75. The van der Waals surface area contributed by atoms with Gasteiger partial charge in [0.2, 0.25) is 0 Å². The molecule has 0 spiro atoms. The number of amides is 1. The smallest absolute Gasteiger partial charge is 0.272 e. The molecule has 0 bridgehead atoms. The molecule has 1 amide bonds. The van der Waals surface area contributed by atoms with Crippen molar-refractivity contribution in [1.82, 2.24) is 29.9 Å². The van der Waals surface area contributed by atoms with Gasteiger partial charge in [0.25, 0.3) is 5.91 Å². The second kappa shape index (κ2) is 8.34. The van der Waals surface area contributed by atoms with E-state index in [4.69, 9.17) is 5.10 Å². The Morgan fingerprint density at radius 1 is 1.07 bits per heavy atom. The second-order valence-electron chi connectivity index (χ2n) is 8.05. The molecule has 1 aromatic carbocycles. The van der Waals surface area contributed by atoms with E-state index in [1.54, 1.807) is 0 Å². The van der Waals surface area contributed by atoms with Crippen LogP contribution < -0.4 is 5.32 Å². The molecule has 3 heterocycles. The molecule has 0 unspecified atom stereocenters. The maximum Gasteiger partial charge on any atom is 0.272 e. The monoisotopic (exact) mass is 468 g/mol. The van der Waals surface area contributed by atoms with Gasteiger partial charge in [-0.3, -0.25) is 4.79 Å². The standard InChI is InChI=1S/C22H25BrN6O/c23-15-7-6-8-16(13-15)29-18-10-4-3-9-17(18)21(27-29)22(30)24-14-20-26-25-19-11-2-1-5-12-28(19)20/h6-8,13H,1-5,9-12,14H2,(H,24,30). The van der Waals surface area contributed by atoms with Crippen LogP contribution in [0.1, 0.15) is 65.5 Å². The van der Waals surface area contributed by atoms with E-state index in [1.165, 1.54) is 6.42 Å². The van der Waals surface area contributed by atoms with E-state index in [-0.39, 0.29) is 5.91 Å². The Balaban J connectivity index is 1.40. The van der Waals surface area contributed by atoms with Gasteiger partial charge in [0.1, 0.15) is 5.82 Å². The highest BCUT2D eigenvalue weighted by atomic mass is 79.9. The van der Waals surface area contributed by atoms with Gasteiger partial charge in [-0.15, -0.1) is 10.2 Å². The molecular formula is C22H25BrN6O. The van der Waals surface area contributed by atoms with Gasteiger partial charge in [-0.25, -0.2) is 4.68 Å².